The minimum Gasteiger partial charge on any atom is -0.462 e. The molecule has 7 heteroatoms. The number of amides is 2. The predicted octanol–water partition coefficient (Wildman–Crippen LogP) is 1.50. The van der Waals surface area contributed by atoms with Gasteiger partial charge in [-0.05, 0) is 39.2 Å². The fraction of sp³-hybridized carbons (Fsp3) is 0.588. The van der Waals surface area contributed by atoms with E-state index in [2.05, 4.69) is 4.98 Å². The molecule has 1 aromatic rings. The highest BCUT2D eigenvalue weighted by Gasteiger charge is 2.37. The van der Waals surface area contributed by atoms with Crippen molar-refractivity contribution >= 4 is 17.8 Å². The van der Waals surface area contributed by atoms with Crippen LogP contribution in [0.5, 0.6) is 0 Å². The minimum absolute atomic E-state index is 0.0765. The zero-order valence-electron chi connectivity index (χ0n) is 14.9. The van der Waals surface area contributed by atoms with E-state index in [0.717, 1.165) is 6.42 Å². The van der Waals surface area contributed by atoms with Crippen LogP contribution >= 0.6 is 0 Å². The number of carbonyl (C=O) groups is 3. The van der Waals surface area contributed by atoms with E-state index in [1.165, 1.54) is 4.90 Å². The SMILES string of the molecule is CCOC(=O)c1c(C)[nH]c(C(=O)N2CCC[C@H]2C(=O)N(C)C)c1C. The molecule has 1 atom stereocenters. The molecule has 7 nitrogen and oxygen atoms in total. The normalized spacial score (nSPS) is 17.0. The van der Waals surface area contributed by atoms with E-state index in [1.54, 1.807) is 39.8 Å². The van der Waals surface area contributed by atoms with Crippen molar-refractivity contribution in [2.75, 3.05) is 27.2 Å². The molecule has 1 fully saturated rings. The van der Waals surface area contributed by atoms with Crippen LogP contribution in [-0.2, 0) is 9.53 Å². The van der Waals surface area contributed by atoms with Gasteiger partial charge in [0, 0.05) is 26.3 Å². The Bertz CT molecular complexity index is 663. The first-order chi connectivity index (χ1) is 11.3. The van der Waals surface area contributed by atoms with Crippen molar-refractivity contribution in [1.29, 1.82) is 0 Å². The molecule has 1 aliphatic rings. The molecule has 0 aliphatic carbocycles. The molecule has 1 N–H and O–H groups in total. The van der Waals surface area contributed by atoms with Gasteiger partial charge in [-0.3, -0.25) is 9.59 Å². The molecule has 2 amide bonds. The maximum atomic E-state index is 12.9. The van der Waals surface area contributed by atoms with Gasteiger partial charge >= 0.3 is 5.97 Å². The molecule has 0 bridgehead atoms. The number of H-pyrrole nitrogens is 1. The number of aryl methyl sites for hydroxylation is 1. The second kappa shape index (κ2) is 7.07. The highest BCUT2D eigenvalue weighted by atomic mass is 16.5. The van der Waals surface area contributed by atoms with Crippen LogP contribution in [0, 0.1) is 13.8 Å². The van der Waals surface area contributed by atoms with Gasteiger partial charge < -0.3 is 19.5 Å². The number of aromatic amines is 1. The minimum atomic E-state index is -0.443. The monoisotopic (exact) mass is 335 g/mol. The molecule has 1 aromatic heterocycles. The Kier molecular flexibility index (Phi) is 5.31. The van der Waals surface area contributed by atoms with Gasteiger partial charge in [-0.2, -0.15) is 0 Å². The van der Waals surface area contributed by atoms with Gasteiger partial charge in [0.1, 0.15) is 11.7 Å². The molecule has 1 aliphatic heterocycles. The molecule has 132 valence electrons. The number of likely N-dealkylation sites (N-methyl/N-ethyl adjacent to an activating group) is 1. The molecule has 2 rings (SSSR count). The van der Waals surface area contributed by atoms with Crippen LogP contribution < -0.4 is 0 Å². The highest BCUT2D eigenvalue weighted by molar-refractivity contribution is 6.02. The number of hydrogen-bond donors (Lipinski definition) is 1. The summed E-state index contributed by atoms with van der Waals surface area (Å²) in [6.07, 6.45) is 1.45. The maximum Gasteiger partial charge on any atom is 0.340 e. The van der Waals surface area contributed by atoms with Crippen molar-refractivity contribution in [3.05, 3.63) is 22.5 Å². The number of rotatable bonds is 4. The summed E-state index contributed by atoms with van der Waals surface area (Å²) < 4.78 is 5.05. The van der Waals surface area contributed by atoms with E-state index in [0.29, 0.717) is 35.5 Å². The van der Waals surface area contributed by atoms with E-state index >= 15 is 0 Å². The Morgan fingerprint density at radius 2 is 1.96 bits per heavy atom. The molecule has 1 saturated heterocycles. The molecular formula is C17H25N3O4. The number of aromatic nitrogens is 1. The summed E-state index contributed by atoms with van der Waals surface area (Å²) in [5.41, 5.74) is 1.92. The molecule has 0 aromatic carbocycles. The molecule has 0 spiro atoms. The molecule has 0 unspecified atom stereocenters. The second-order valence-corrected chi connectivity index (χ2v) is 6.23. The number of nitrogens with one attached hydrogen (secondary N) is 1. The van der Waals surface area contributed by atoms with Crippen LogP contribution in [0.4, 0.5) is 0 Å². The average molecular weight is 335 g/mol. The van der Waals surface area contributed by atoms with Gasteiger partial charge in [-0.25, -0.2) is 4.79 Å². The predicted molar refractivity (Wildman–Crippen MR) is 89.0 cm³/mol. The summed E-state index contributed by atoms with van der Waals surface area (Å²) in [6, 6.07) is -0.443. The Labute approximate surface area is 141 Å². The van der Waals surface area contributed by atoms with E-state index in [-0.39, 0.29) is 18.4 Å². The fourth-order valence-corrected chi connectivity index (χ4v) is 3.18. The average Bonchev–Trinajstić information content (AvgIpc) is 3.10. The molecule has 0 radical (unpaired) electrons. The lowest BCUT2D eigenvalue weighted by Gasteiger charge is -2.26. The Hall–Kier alpha value is -2.31. The lowest BCUT2D eigenvalue weighted by atomic mass is 10.1. The summed E-state index contributed by atoms with van der Waals surface area (Å²) in [5, 5.41) is 0. The quantitative estimate of drug-likeness (QED) is 0.845. The van der Waals surface area contributed by atoms with Gasteiger partial charge in [-0.15, -0.1) is 0 Å². The number of nitrogens with zero attached hydrogens (tertiary/aromatic N) is 2. The zero-order valence-corrected chi connectivity index (χ0v) is 14.9. The third kappa shape index (κ3) is 3.16. The van der Waals surface area contributed by atoms with Crippen molar-refractivity contribution in [2.45, 2.75) is 39.7 Å². The molecule has 24 heavy (non-hydrogen) atoms. The van der Waals surface area contributed by atoms with Crippen LogP contribution in [0.3, 0.4) is 0 Å². The van der Waals surface area contributed by atoms with Gasteiger partial charge in [0.2, 0.25) is 5.91 Å². The molecular weight excluding hydrogens is 310 g/mol. The standard InChI is InChI=1S/C17H25N3O4/c1-6-24-17(23)13-10(2)14(18-11(13)3)16(22)20-9-7-8-12(20)15(21)19(4)5/h12,18H,6-9H2,1-5H3/t12-/m0/s1. The lowest BCUT2D eigenvalue weighted by molar-refractivity contribution is -0.132. The lowest BCUT2D eigenvalue weighted by Crippen LogP contribution is -2.45. The van der Waals surface area contributed by atoms with E-state index < -0.39 is 12.0 Å². The van der Waals surface area contributed by atoms with Crippen molar-refractivity contribution in [2.24, 2.45) is 0 Å². The number of esters is 1. The van der Waals surface area contributed by atoms with Crippen LogP contribution in [0.15, 0.2) is 0 Å². The number of hydrogen-bond acceptors (Lipinski definition) is 4. The smallest absolute Gasteiger partial charge is 0.340 e. The molecule has 2 heterocycles. The number of carbonyl (C=O) groups excluding carboxylic acids is 3. The van der Waals surface area contributed by atoms with Gasteiger partial charge in [0.15, 0.2) is 0 Å². The van der Waals surface area contributed by atoms with E-state index in [1.807, 2.05) is 0 Å². The Balaban J connectivity index is 2.32. The van der Waals surface area contributed by atoms with Gasteiger partial charge in [-0.1, -0.05) is 0 Å². The zero-order chi connectivity index (χ0) is 18.0. The third-order valence-electron chi connectivity index (χ3n) is 4.37. The molecule has 0 saturated carbocycles. The second-order valence-electron chi connectivity index (χ2n) is 6.23. The Morgan fingerprint density at radius 3 is 2.54 bits per heavy atom. The first kappa shape index (κ1) is 18.0. The van der Waals surface area contributed by atoms with Crippen LogP contribution in [0.1, 0.15) is 51.9 Å². The largest absolute Gasteiger partial charge is 0.462 e. The van der Waals surface area contributed by atoms with Crippen LogP contribution in [-0.4, -0.2) is 65.9 Å². The summed E-state index contributed by atoms with van der Waals surface area (Å²) in [5.74, 6) is -0.763. The summed E-state index contributed by atoms with van der Waals surface area (Å²) in [7, 11) is 3.37. The Morgan fingerprint density at radius 1 is 1.29 bits per heavy atom. The van der Waals surface area contributed by atoms with E-state index in [4.69, 9.17) is 4.74 Å². The summed E-state index contributed by atoms with van der Waals surface area (Å²) in [6.45, 7) is 6.01. The topological polar surface area (TPSA) is 82.7 Å². The highest BCUT2D eigenvalue weighted by Crippen LogP contribution is 2.25. The summed E-state index contributed by atoms with van der Waals surface area (Å²) >= 11 is 0. The van der Waals surface area contributed by atoms with Gasteiger partial charge in [0.05, 0.1) is 12.2 Å². The van der Waals surface area contributed by atoms with E-state index in [9.17, 15) is 14.4 Å². The first-order valence-corrected chi connectivity index (χ1v) is 8.18. The van der Waals surface area contributed by atoms with Crippen molar-refractivity contribution in [3.63, 3.8) is 0 Å². The van der Waals surface area contributed by atoms with Gasteiger partial charge in [0.25, 0.3) is 5.91 Å². The first-order valence-electron chi connectivity index (χ1n) is 8.18. The number of ether oxygens (including phenoxy) is 1. The summed E-state index contributed by atoms with van der Waals surface area (Å²) in [4.78, 5) is 43.4. The fourth-order valence-electron chi connectivity index (χ4n) is 3.18. The van der Waals surface area contributed by atoms with Crippen LogP contribution in [0.25, 0.3) is 0 Å². The van der Waals surface area contributed by atoms with Crippen molar-refractivity contribution in [1.82, 2.24) is 14.8 Å². The number of likely N-dealkylation sites (tertiary alicyclic amines) is 1. The van der Waals surface area contributed by atoms with Crippen molar-refractivity contribution in [3.8, 4) is 0 Å². The maximum absolute atomic E-state index is 12.9. The van der Waals surface area contributed by atoms with Crippen molar-refractivity contribution < 1.29 is 19.1 Å². The van der Waals surface area contributed by atoms with Crippen LogP contribution in [0.2, 0.25) is 0 Å². The third-order valence-corrected chi connectivity index (χ3v) is 4.37.